The smallest absolute Gasteiger partial charge is 0.119 e. The Labute approximate surface area is 126 Å². The first-order chi connectivity index (χ1) is 10.2. The normalized spacial score (nSPS) is 11.8. The molecule has 2 rings (SSSR count). The van der Waals surface area contributed by atoms with E-state index in [9.17, 15) is 0 Å². The second-order valence-corrected chi connectivity index (χ2v) is 5.04. The molecule has 0 saturated carbocycles. The molecule has 0 aliphatic carbocycles. The Balaban J connectivity index is 1.81. The molecule has 0 aliphatic heterocycles. The van der Waals surface area contributed by atoms with Crippen LogP contribution in [0.1, 0.15) is 19.4 Å². The van der Waals surface area contributed by atoms with Crippen LogP contribution in [-0.2, 0) is 6.42 Å². The van der Waals surface area contributed by atoms with Gasteiger partial charge in [0.25, 0.3) is 0 Å². The van der Waals surface area contributed by atoms with Crippen molar-refractivity contribution >= 4 is 5.69 Å². The van der Waals surface area contributed by atoms with Gasteiger partial charge in [-0.1, -0.05) is 19.1 Å². The van der Waals surface area contributed by atoms with Gasteiger partial charge < -0.3 is 14.8 Å². The fraction of sp³-hybridized carbons (Fsp3) is 0.333. The van der Waals surface area contributed by atoms with Crippen LogP contribution in [-0.4, -0.2) is 19.8 Å². The van der Waals surface area contributed by atoms with Crippen LogP contribution in [0.2, 0.25) is 0 Å². The highest BCUT2D eigenvalue weighted by Crippen LogP contribution is 2.16. The molecule has 3 heteroatoms. The monoisotopic (exact) mass is 285 g/mol. The van der Waals surface area contributed by atoms with Gasteiger partial charge in [-0.2, -0.15) is 0 Å². The van der Waals surface area contributed by atoms with E-state index in [2.05, 4.69) is 31.3 Å². The highest BCUT2D eigenvalue weighted by molar-refractivity contribution is 5.46. The molecule has 0 unspecified atom stereocenters. The van der Waals surface area contributed by atoms with Gasteiger partial charge in [0.2, 0.25) is 0 Å². The van der Waals surface area contributed by atoms with E-state index in [4.69, 9.17) is 9.47 Å². The number of anilines is 1. The van der Waals surface area contributed by atoms with Gasteiger partial charge in [0, 0.05) is 5.69 Å². The van der Waals surface area contributed by atoms with Gasteiger partial charge in [0.15, 0.2) is 0 Å². The Kier molecular flexibility index (Phi) is 5.50. The fourth-order valence-electron chi connectivity index (χ4n) is 2.05. The number of hydrogen-bond donors (Lipinski definition) is 1. The molecule has 0 saturated heterocycles. The van der Waals surface area contributed by atoms with Gasteiger partial charge in [0.05, 0.1) is 13.7 Å². The molecule has 112 valence electrons. The molecule has 2 aromatic carbocycles. The molecule has 0 fully saturated rings. The summed E-state index contributed by atoms with van der Waals surface area (Å²) in [6.45, 7) is 4.96. The van der Waals surface area contributed by atoms with Crippen LogP contribution in [0.5, 0.6) is 11.5 Å². The average molecular weight is 285 g/mol. The zero-order valence-electron chi connectivity index (χ0n) is 12.9. The molecule has 0 heterocycles. The second-order valence-electron chi connectivity index (χ2n) is 5.04. The fourth-order valence-corrected chi connectivity index (χ4v) is 2.05. The lowest BCUT2D eigenvalue weighted by Gasteiger charge is -2.16. The van der Waals surface area contributed by atoms with Crippen LogP contribution in [0.3, 0.4) is 0 Å². The molecule has 1 atom stereocenters. The van der Waals surface area contributed by atoms with Gasteiger partial charge in [-0.25, -0.2) is 0 Å². The number of ether oxygens (including phenoxy) is 2. The summed E-state index contributed by atoms with van der Waals surface area (Å²) >= 11 is 0. The van der Waals surface area contributed by atoms with Gasteiger partial charge in [0.1, 0.15) is 17.6 Å². The Morgan fingerprint density at radius 2 is 1.57 bits per heavy atom. The van der Waals surface area contributed by atoms with E-state index in [1.807, 2.05) is 36.4 Å². The molecular formula is C18H23NO2. The van der Waals surface area contributed by atoms with Crippen LogP contribution in [0, 0.1) is 0 Å². The van der Waals surface area contributed by atoms with Gasteiger partial charge >= 0.3 is 0 Å². The Hall–Kier alpha value is -2.16. The largest absolute Gasteiger partial charge is 0.497 e. The van der Waals surface area contributed by atoms with Crippen molar-refractivity contribution in [3.63, 3.8) is 0 Å². The van der Waals surface area contributed by atoms with E-state index in [0.717, 1.165) is 30.2 Å². The van der Waals surface area contributed by atoms with Crippen molar-refractivity contribution in [2.45, 2.75) is 26.4 Å². The summed E-state index contributed by atoms with van der Waals surface area (Å²) in [7, 11) is 1.67. The molecule has 0 spiro atoms. The molecular weight excluding hydrogens is 262 g/mol. The van der Waals surface area contributed by atoms with E-state index in [0.29, 0.717) is 0 Å². The van der Waals surface area contributed by atoms with Crippen LogP contribution in [0.4, 0.5) is 5.69 Å². The first-order valence-corrected chi connectivity index (χ1v) is 7.34. The molecule has 2 aromatic rings. The number of methoxy groups -OCH3 is 1. The Morgan fingerprint density at radius 1 is 0.952 bits per heavy atom. The Morgan fingerprint density at radius 3 is 2.14 bits per heavy atom. The van der Waals surface area contributed by atoms with Crippen LogP contribution < -0.4 is 14.8 Å². The average Bonchev–Trinajstić information content (AvgIpc) is 2.54. The maximum atomic E-state index is 5.89. The van der Waals surface area contributed by atoms with Crippen molar-refractivity contribution < 1.29 is 9.47 Å². The van der Waals surface area contributed by atoms with Crippen molar-refractivity contribution in [1.82, 2.24) is 0 Å². The quantitative estimate of drug-likeness (QED) is 0.829. The minimum absolute atomic E-state index is 0.0968. The maximum Gasteiger partial charge on any atom is 0.119 e. The lowest BCUT2D eigenvalue weighted by molar-refractivity contribution is 0.234. The molecule has 0 aliphatic rings. The summed E-state index contributed by atoms with van der Waals surface area (Å²) in [5.74, 6) is 1.78. The summed E-state index contributed by atoms with van der Waals surface area (Å²) in [4.78, 5) is 0. The number of aryl methyl sites for hydroxylation is 1. The van der Waals surface area contributed by atoms with Gasteiger partial charge in [-0.15, -0.1) is 0 Å². The molecule has 0 aromatic heterocycles. The first-order valence-electron chi connectivity index (χ1n) is 7.34. The minimum atomic E-state index is 0.0968. The number of benzene rings is 2. The molecule has 0 bridgehead atoms. The van der Waals surface area contributed by atoms with E-state index in [1.54, 1.807) is 7.11 Å². The highest BCUT2D eigenvalue weighted by atomic mass is 16.5. The molecule has 0 amide bonds. The maximum absolute atomic E-state index is 5.89. The van der Waals surface area contributed by atoms with Crippen molar-refractivity contribution in [3.05, 3.63) is 54.1 Å². The number of nitrogens with one attached hydrogen (secondary N) is 1. The predicted molar refractivity (Wildman–Crippen MR) is 87.4 cm³/mol. The lowest BCUT2D eigenvalue weighted by Crippen LogP contribution is -2.22. The standard InChI is InChI=1S/C18H23NO2/c1-4-15-5-9-18(10-6-15)21-14(2)13-19-16-7-11-17(20-3)12-8-16/h5-12,14,19H,4,13H2,1-3H3/t14-/m1/s1. The summed E-state index contributed by atoms with van der Waals surface area (Å²) in [6.07, 6.45) is 1.15. The molecule has 0 radical (unpaired) electrons. The number of rotatable bonds is 7. The van der Waals surface area contributed by atoms with Crippen molar-refractivity contribution in [1.29, 1.82) is 0 Å². The van der Waals surface area contributed by atoms with Crippen LogP contribution in [0.15, 0.2) is 48.5 Å². The summed E-state index contributed by atoms with van der Waals surface area (Å²) in [5.41, 5.74) is 2.39. The van der Waals surface area contributed by atoms with E-state index in [1.165, 1.54) is 5.56 Å². The Bertz CT molecular complexity index is 534. The summed E-state index contributed by atoms with van der Waals surface area (Å²) < 4.78 is 11.0. The van der Waals surface area contributed by atoms with E-state index in [-0.39, 0.29) is 6.10 Å². The van der Waals surface area contributed by atoms with Crippen molar-refractivity contribution in [2.75, 3.05) is 19.0 Å². The third-order valence-electron chi connectivity index (χ3n) is 3.35. The summed E-state index contributed by atoms with van der Waals surface area (Å²) in [5, 5.41) is 3.36. The minimum Gasteiger partial charge on any atom is -0.497 e. The lowest BCUT2D eigenvalue weighted by atomic mass is 10.2. The SMILES string of the molecule is CCc1ccc(O[C@H](C)CNc2ccc(OC)cc2)cc1. The molecule has 1 N–H and O–H groups in total. The zero-order chi connectivity index (χ0) is 15.1. The highest BCUT2D eigenvalue weighted by Gasteiger charge is 2.04. The zero-order valence-corrected chi connectivity index (χ0v) is 12.9. The topological polar surface area (TPSA) is 30.5 Å². The van der Waals surface area contributed by atoms with E-state index < -0.39 is 0 Å². The first kappa shape index (κ1) is 15.2. The van der Waals surface area contributed by atoms with Gasteiger partial charge in [-0.3, -0.25) is 0 Å². The van der Waals surface area contributed by atoms with E-state index >= 15 is 0 Å². The molecule has 21 heavy (non-hydrogen) atoms. The number of hydrogen-bond acceptors (Lipinski definition) is 3. The van der Waals surface area contributed by atoms with Gasteiger partial charge in [-0.05, 0) is 55.3 Å². The predicted octanol–water partition coefficient (Wildman–Crippen LogP) is 4.14. The third-order valence-corrected chi connectivity index (χ3v) is 3.35. The van der Waals surface area contributed by atoms with Crippen molar-refractivity contribution in [2.24, 2.45) is 0 Å². The third kappa shape index (κ3) is 4.71. The molecule has 3 nitrogen and oxygen atoms in total. The van der Waals surface area contributed by atoms with Crippen LogP contribution >= 0.6 is 0 Å². The van der Waals surface area contributed by atoms with Crippen LogP contribution in [0.25, 0.3) is 0 Å². The second kappa shape index (κ2) is 7.58. The van der Waals surface area contributed by atoms with Crippen molar-refractivity contribution in [3.8, 4) is 11.5 Å². The summed E-state index contributed by atoms with van der Waals surface area (Å²) in [6, 6.07) is 16.2.